The molecule has 6 heteroatoms. The quantitative estimate of drug-likeness (QED) is 0.465. The van der Waals surface area contributed by atoms with Crippen molar-refractivity contribution < 1.29 is 9.21 Å². The summed E-state index contributed by atoms with van der Waals surface area (Å²) in [5.41, 5.74) is 0.949. The van der Waals surface area contributed by atoms with Crippen LogP contribution in [0.1, 0.15) is 21.0 Å². The molecule has 0 N–H and O–H groups in total. The maximum absolute atomic E-state index is 13.3. The zero-order valence-corrected chi connectivity index (χ0v) is 15.3. The van der Waals surface area contributed by atoms with E-state index in [9.17, 15) is 4.79 Å². The number of rotatable bonds is 5. The topological polar surface area (TPSA) is 46.3 Å². The molecule has 0 aliphatic carbocycles. The molecule has 4 nitrogen and oxygen atoms in total. The summed E-state index contributed by atoms with van der Waals surface area (Å²) >= 11 is 7.92. The smallest absolute Gasteiger partial charge is 0.266 e. The first-order valence-corrected chi connectivity index (χ1v) is 9.29. The second kappa shape index (κ2) is 7.32. The Morgan fingerprint density at radius 3 is 2.73 bits per heavy atom. The van der Waals surface area contributed by atoms with Crippen LogP contribution in [0, 0.1) is 0 Å². The van der Waals surface area contributed by atoms with Gasteiger partial charge in [0, 0.05) is 29.0 Å². The summed E-state index contributed by atoms with van der Waals surface area (Å²) in [5, 5.41) is 1.41. The lowest BCUT2D eigenvalue weighted by Crippen LogP contribution is -2.29. The van der Waals surface area contributed by atoms with Crippen molar-refractivity contribution in [1.82, 2.24) is 9.88 Å². The van der Waals surface area contributed by atoms with Crippen LogP contribution in [-0.4, -0.2) is 15.8 Å². The van der Waals surface area contributed by atoms with Gasteiger partial charge in [0.2, 0.25) is 0 Å². The fourth-order valence-electron chi connectivity index (χ4n) is 2.80. The Bertz CT molecular complexity index is 1030. The average Bonchev–Trinajstić information content (AvgIpc) is 3.30. The molecule has 4 rings (SSSR count). The van der Waals surface area contributed by atoms with Gasteiger partial charge in [-0.1, -0.05) is 35.9 Å². The highest BCUT2D eigenvalue weighted by molar-refractivity contribution is 7.21. The largest absolute Gasteiger partial charge is 0.467 e. The molecule has 0 atom stereocenters. The van der Waals surface area contributed by atoms with Crippen LogP contribution in [0.3, 0.4) is 0 Å². The van der Waals surface area contributed by atoms with Gasteiger partial charge in [0.15, 0.2) is 0 Å². The number of carbonyl (C=O) groups excluding carboxylic acids is 1. The zero-order chi connectivity index (χ0) is 17.9. The van der Waals surface area contributed by atoms with Gasteiger partial charge in [-0.3, -0.25) is 9.78 Å². The van der Waals surface area contributed by atoms with E-state index in [1.165, 1.54) is 11.3 Å². The number of thiophene rings is 1. The van der Waals surface area contributed by atoms with Gasteiger partial charge in [-0.25, -0.2) is 0 Å². The van der Waals surface area contributed by atoms with Crippen LogP contribution >= 0.6 is 22.9 Å². The van der Waals surface area contributed by atoms with E-state index in [4.69, 9.17) is 16.0 Å². The molecule has 0 spiro atoms. The molecule has 1 aromatic carbocycles. The van der Waals surface area contributed by atoms with Gasteiger partial charge < -0.3 is 9.32 Å². The highest BCUT2D eigenvalue weighted by Crippen LogP contribution is 2.36. The lowest BCUT2D eigenvalue weighted by Gasteiger charge is -2.21. The second-order valence-corrected chi connectivity index (χ2v) is 7.27. The summed E-state index contributed by atoms with van der Waals surface area (Å²) in [5.74, 6) is 0.607. The third-order valence-corrected chi connectivity index (χ3v) is 5.70. The van der Waals surface area contributed by atoms with Gasteiger partial charge in [-0.15, -0.1) is 11.3 Å². The van der Waals surface area contributed by atoms with Crippen LogP contribution in [0.5, 0.6) is 0 Å². The van der Waals surface area contributed by atoms with Crippen LogP contribution in [-0.2, 0) is 13.1 Å². The van der Waals surface area contributed by atoms with Crippen LogP contribution < -0.4 is 0 Å². The van der Waals surface area contributed by atoms with E-state index in [-0.39, 0.29) is 5.91 Å². The Morgan fingerprint density at radius 2 is 2.00 bits per heavy atom. The summed E-state index contributed by atoms with van der Waals surface area (Å²) in [6, 6.07) is 15.2. The number of fused-ring (bicyclic) bond motifs is 1. The minimum Gasteiger partial charge on any atom is -0.467 e. The molecule has 0 unspecified atom stereocenters. The number of amides is 1. The summed E-state index contributed by atoms with van der Waals surface area (Å²) in [6.07, 6.45) is 5.08. The number of nitrogens with zero attached hydrogens (tertiary/aromatic N) is 2. The molecule has 3 aromatic heterocycles. The monoisotopic (exact) mass is 382 g/mol. The van der Waals surface area contributed by atoms with E-state index in [2.05, 4.69) is 4.98 Å². The van der Waals surface area contributed by atoms with E-state index < -0.39 is 0 Å². The average molecular weight is 383 g/mol. The molecule has 130 valence electrons. The molecule has 0 saturated carbocycles. The van der Waals surface area contributed by atoms with E-state index in [1.54, 1.807) is 23.6 Å². The number of aromatic nitrogens is 1. The van der Waals surface area contributed by atoms with Gasteiger partial charge in [0.1, 0.15) is 10.6 Å². The van der Waals surface area contributed by atoms with E-state index in [0.29, 0.717) is 23.0 Å². The van der Waals surface area contributed by atoms with Crippen LogP contribution in [0.25, 0.3) is 10.1 Å². The summed E-state index contributed by atoms with van der Waals surface area (Å²) in [4.78, 5) is 19.7. The normalized spacial score (nSPS) is 11.0. The number of pyridine rings is 1. The standard InChI is InChI=1S/C20H15ClN2O2S/c21-18-16-7-1-2-8-17(16)26-19(18)20(24)23(13-15-6-4-10-25-15)12-14-5-3-9-22-11-14/h1-11H,12-13H2. The van der Waals surface area contributed by atoms with Crippen molar-refractivity contribution in [2.75, 3.05) is 0 Å². The van der Waals surface area contributed by atoms with Gasteiger partial charge in [0.25, 0.3) is 5.91 Å². The molecule has 0 saturated heterocycles. The predicted octanol–water partition coefficient (Wildman–Crippen LogP) is 5.39. The maximum Gasteiger partial charge on any atom is 0.266 e. The molecule has 0 bridgehead atoms. The van der Waals surface area contributed by atoms with Gasteiger partial charge in [-0.05, 0) is 29.8 Å². The molecule has 26 heavy (non-hydrogen) atoms. The lowest BCUT2D eigenvalue weighted by molar-refractivity contribution is 0.0723. The Labute approximate surface area is 159 Å². The SMILES string of the molecule is O=C(c1sc2ccccc2c1Cl)N(Cc1cccnc1)Cc1ccco1. The maximum atomic E-state index is 13.3. The third-order valence-electron chi connectivity index (χ3n) is 4.04. The molecular weight excluding hydrogens is 368 g/mol. The van der Waals surface area contributed by atoms with Gasteiger partial charge >= 0.3 is 0 Å². The number of carbonyl (C=O) groups is 1. The first kappa shape index (κ1) is 16.8. The molecule has 4 aromatic rings. The summed E-state index contributed by atoms with van der Waals surface area (Å²) in [6.45, 7) is 0.795. The minimum absolute atomic E-state index is 0.114. The summed E-state index contributed by atoms with van der Waals surface area (Å²) in [7, 11) is 0. The van der Waals surface area contributed by atoms with Crippen molar-refractivity contribution in [3.63, 3.8) is 0 Å². The molecule has 0 fully saturated rings. The number of hydrogen-bond donors (Lipinski definition) is 0. The highest BCUT2D eigenvalue weighted by Gasteiger charge is 2.23. The van der Waals surface area contributed by atoms with Crippen molar-refractivity contribution >= 4 is 38.9 Å². The van der Waals surface area contributed by atoms with Crippen molar-refractivity contribution in [2.45, 2.75) is 13.1 Å². The third kappa shape index (κ3) is 3.36. The minimum atomic E-state index is -0.114. The number of furan rings is 1. The molecular formula is C20H15ClN2O2S. The van der Waals surface area contributed by atoms with Crippen molar-refractivity contribution in [3.05, 3.63) is 88.4 Å². The van der Waals surface area contributed by atoms with E-state index in [0.717, 1.165) is 21.4 Å². The Balaban J connectivity index is 1.69. The number of hydrogen-bond acceptors (Lipinski definition) is 4. The van der Waals surface area contributed by atoms with E-state index >= 15 is 0 Å². The molecule has 0 aliphatic heterocycles. The fraction of sp³-hybridized carbons (Fsp3) is 0.100. The molecule has 3 heterocycles. The fourth-order valence-corrected chi connectivity index (χ4v) is 4.28. The van der Waals surface area contributed by atoms with Gasteiger partial charge in [-0.2, -0.15) is 0 Å². The van der Waals surface area contributed by atoms with Crippen molar-refractivity contribution in [2.24, 2.45) is 0 Å². The Morgan fingerprint density at radius 1 is 1.12 bits per heavy atom. The highest BCUT2D eigenvalue weighted by atomic mass is 35.5. The Kier molecular flexibility index (Phi) is 4.73. The second-order valence-electron chi connectivity index (χ2n) is 5.84. The molecule has 1 amide bonds. The predicted molar refractivity (Wildman–Crippen MR) is 103 cm³/mol. The molecule has 0 radical (unpaired) electrons. The van der Waals surface area contributed by atoms with Crippen LogP contribution in [0.15, 0.2) is 71.6 Å². The van der Waals surface area contributed by atoms with Crippen LogP contribution in [0.4, 0.5) is 0 Å². The number of benzene rings is 1. The van der Waals surface area contributed by atoms with Crippen molar-refractivity contribution in [3.8, 4) is 0 Å². The number of halogens is 1. The van der Waals surface area contributed by atoms with Gasteiger partial charge in [0.05, 0.1) is 17.8 Å². The lowest BCUT2D eigenvalue weighted by atomic mass is 10.2. The van der Waals surface area contributed by atoms with Crippen molar-refractivity contribution in [1.29, 1.82) is 0 Å². The zero-order valence-electron chi connectivity index (χ0n) is 13.8. The first-order valence-electron chi connectivity index (χ1n) is 8.10. The molecule has 0 aliphatic rings. The Hall–Kier alpha value is -2.63. The van der Waals surface area contributed by atoms with E-state index in [1.807, 2.05) is 48.5 Å². The first-order chi connectivity index (χ1) is 12.7. The van der Waals surface area contributed by atoms with Crippen LogP contribution in [0.2, 0.25) is 5.02 Å². The summed E-state index contributed by atoms with van der Waals surface area (Å²) < 4.78 is 6.44.